The van der Waals surface area contributed by atoms with E-state index in [2.05, 4.69) is 16.5 Å². The summed E-state index contributed by atoms with van der Waals surface area (Å²) in [5, 5.41) is 10.2. The Bertz CT molecular complexity index is 860. The van der Waals surface area contributed by atoms with Gasteiger partial charge in [-0.25, -0.2) is 0 Å². The maximum absolute atomic E-state index is 12.2. The lowest BCUT2D eigenvalue weighted by atomic mass is 10.2. The number of halogens is 1. The number of hydrogen-bond donors (Lipinski definition) is 1. The fourth-order valence-corrected chi connectivity index (χ4v) is 3.63. The van der Waals surface area contributed by atoms with E-state index in [1.807, 2.05) is 36.0 Å². The Hall–Kier alpha value is -2.31. The number of nitrogens with zero attached hydrogens (tertiary/aromatic N) is 2. The first kappa shape index (κ1) is 18.5. The zero-order valence-corrected chi connectivity index (χ0v) is 16.2. The highest BCUT2D eigenvalue weighted by Crippen LogP contribution is 2.24. The molecule has 1 atom stereocenters. The van der Waals surface area contributed by atoms with Crippen LogP contribution in [0.15, 0.2) is 47.8 Å². The van der Waals surface area contributed by atoms with Crippen molar-refractivity contribution in [3.05, 3.63) is 69.1 Å². The van der Waals surface area contributed by atoms with E-state index in [1.54, 1.807) is 35.6 Å². The minimum atomic E-state index is -0.178. The molecule has 5 nitrogen and oxygen atoms in total. The molecule has 0 bridgehead atoms. The highest BCUT2D eigenvalue weighted by Gasteiger charge is 2.19. The molecule has 3 rings (SSSR count). The van der Waals surface area contributed by atoms with Crippen LogP contribution in [0.4, 0.5) is 0 Å². The van der Waals surface area contributed by atoms with Crippen molar-refractivity contribution in [3.63, 3.8) is 0 Å². The molecule has 2 heterocycles. The largest absolute Gasteiger partial charge is 0.484 e. The molecule has 0 saturated carbocycles. The second-order valence-electron chi connectivity index (χ2n) is 5.95. The SMILES string of the molecule is Cc1cc(C)n(C(CNC(=O)COc2ccc(Cl)cc2)c2cccs2)n1. The molecule has 1 N–H and O–H groups in total. The first-order valence-electron chi connectivity index (χ1n) is 8.24. The van der Waals surface area contributed by atoms with Gasteiger partial charge in [-0.3, -0.25) is 9.48 Å². The normalized spacial score (nSPS) is 12.0. The van der Waals surface area contributed by atoms with Crippen LogP contribution in [0.3, 0.4) is 0 Å². The molecule has 3 aromatic rings. The molecule has 0 aliphatic rings. The predicted molar refractivity (Wildman–Crippen MR) is 104 cm³/mol. The molecule has 1 amide bonds. The third kappa shape index (κ3) is 4.65. The molecule has 136 valence electrons. The number of carbonyl (C=O) groups excluding carboxylic acids is 1. The number of thiophene rings is 1. The summed E-state index contributed by atoms with van der Waals surface area (Å²) in [5.41, 5.74) is 2.02. The quantitative estimate of drug-likeness (QED) is 0.664. The van der Waals surface area contributed by atoms with Crippen molar-refractivity contribution in [2.24, 2.45) is 0 Å². The van der Waals surface area contributed by atoms with Crippen molar-refractivity contribution in [1.29, 1.82) is 0 Å². The first-order valence-corrected chi connectivity index (χ1v) is 9.50. The summed E-state index contributed by atoms with van der Waals surface area (Å²) < 4.78 is 7.45. The number of carbonyl (C=O) groups is 1. The van der Waals surface area contributed by atoms with Crippen molar-refractivity contribution in [2.45, 2.75) is 19.9 Å². The van der Waals surface area contributed by atoms with Crippen LogP contribution >= 0.6 is 22.9 Å². The number of hydrogen-bond acceptors (Lipinski definition) is 4. The monoisotopic (exact) mass is 389 g/mol. The Morgan fingerprint density at radius 3 is 2.69 bits per heavy atom. The molecule has 2 aromatic heterocycles. The van der Waals surface area contributed by atoms with Crippen LogP contribution in [0.5, 0.6) is 5.75 Å². The molecule has 0 saturated heterocycles. The molecule has 1 unspecified atom stereocenters. The van der Waals surface area contributed by atoms with Crippen LogP contribution in [0, 0.1) is 13.8 Å². The van der Waals surface area contributed by atoms with Crippen molar-refractivity contribution in [3.8, 4) is 5.75 Å². The van der Waals surface area contributed by atoms with Crippen LogP contribution in [-0.2, 0) is 4.79 Å². The highest BCUT2D eigenvalue weighted by molar-refractivity contribution is 7.10. The van der Waals surface area contributed by atoms with Gasteiger partial charge in [0.15, 0.2) is 6.61 Å². The van der Waals surface area contributed by atoms with E-state index >= 15 is 0 Å². The number of amides is 1. The van der Waals surface area contributed by atoms with Crippen molar-refractivity contribution >= 4 is 28.8 Å². The molecular formula is C19H20ClN3O2S. The Morgan fingerprint density at radius 1 is 1.31 bits per heavy atom. The zero-order chi connectivity index (χ0) is 18.5. The summed E-state index contributed by atoms with van der Waals surface area (Å²) in [6.45, 7) is 4.39. The summed E-state index contributed by atoms with van der Waals surface area (Å²) in [6.07, 6.45) is 0. The van der Waals surface area contributed by atoms with Gasteiger partial charge in [0, 0.05) is 22.1 Å². The van der Waals surface area contributed by atoms with Gasteiger partial charge in [0.05, 0.1) is 5.69 Å². The van der Waals surface area contributed by atoms with Crippen LogP contribution in [0.2, 0.25) is 5.02 Å². The summed E-state index contributed by atoms with van der Waals surface area (Å²) in [6, 6.07) is 13.0. The maximum Gasteiger partial charge on any atom is 0.258 e. The van der Waals surface area contributed by atoms with E-state index in [4.69, 9.17) is 16.3 Å². The molecular weight excluding hydrogens is 370 g/mol. The van der Waals surface area contributed by atoms with Gasteiger partial charge in [0.25, 0.3) is 5.91 Å². The average molecular weight is 390 g/mol. The fraction of sp³-hybridized carbons (Fsp3) is 0.263. The van der Waals surface area contributed by atoms with Gasteiger partial charge in [0.1, 0.15) is 11.8 Å². The average Bonchev–Trinajstić information content (AvgIpc) is 3.25. The highest BCUT2D eigenvalue weighted by atomic mass is 35.5. The number of benzene rings is 1. The van der Waals surface area contributed by atoms with Crippen molar-refractivity contribution in [1.82, 2.24) is 15.1 Å². The van der Waals surface area contributed by atoms with Gasteiger partial charge in [-0.2, -0.15) is 5.10 Å². The van der Waals surface area contributed by atoms with E-state index in [1.165, 1.54) is 0 Å². The minimum Gasteiger partial charge on any atom is -0.484 e. The van der Waals surface area contributed by atoms with Crippen LogP contribution in [-0.4, -0.2) is 28.8 Å². The lowest BCUT2D eigenvalue weighted by Crippen LogP contribution is -2.34. The lowest BCUT2D eigenvalue weighted by Gasteiger charge is -2.19. The van der Waals surface area contributed by atoms with Gasteiger partial charge in [-0.15, -0.1) is 11.3 Å². The van der Waals surface area contributed by atoms with Gasteiger partial charge in [-0.05, 0) is 55.6 Å². The van der Waals surface area contributed by atoms with E-state index in [-0.39, 0.29) is 18.6 Å². The minimum absolute atomic E-state index is 0.0387. The van der Waals surface area contributed by atoms with Gasteiger partial charge in [0.2, 0.25) is 0 Å². The Balaban J connectivity index is 1.61. The van der Waals surface area contributed by atoms with E-state index in [0.717, 1.165) is 16.3 Å². The van der Waals surface area contributed by atoms with Crippen LogP contribution in [0.1, 0.15) is 22.3 Å². The lowest BCUT2D eigenvalue weighted by molar-refractivity contribution is -0.123. The molecule has 0 aliphatic heterocycles. The molecule has 0 spiro atoms. The van der Waals surface area contributed by atoms with Crippen molar-refractivity contribution < 1.29 is 9.53 Å². The predicted octanol–water partition coefficient (Wildman–Crippen LogP) is 4.00. The third-order valence-electron chi connectivity index (χ3n) is 3.89. The maximum atomic E-state index is 12.2. The van der Waals surface area contributed by atoms with Gasteiger partial charge < -0.3 is 10.1 Å². The zero-order valence-electron chi connectivity index (χ0n) is 14.6. The fourth-order valence-electron chi connectivity index (χ4n) is 2.69. The molecule has 26 heavy (non-hydrogen) atoms. The second kappa shape index (κ2) is 8.38. The van der Waals surface area contributed by atoms with Crippen molar-refractivity contribution in [2.75, 3.05) is 13.2 Å². The molecule has 0 fully saturated rings. The van der Waals surface area contributed by atoms with Gasteiger partial charge >= 0.3 is 0 Å². The Kier molecular flexibility index (Phi) is 5.96. The first-order chi connectivity index (χ1) is 12.5. The summed E-state index contributed by atoms with van der Waals surface area (Å²) in [5.74, 6) is 0.431. The van der Waals surface area contributed by atoms with E-state index < -0.39 is 0 Å². The van der Waals surface area contributed by atoms with Gasteiger partial charge in [-0.1, -0.05) is 17.7 Å². The number of nitrogens with one attached hydrogen (secondary N) is 1. The molecule has 0 aliphatic carbocycles. The summed E-state index contributed by atoms with van der Waals surface area (Å²) in [7, 11) is 0. The molecule has 7 heteroatoms. The van der Waals surface area contributed by atoms with E-state index in [9.17, 15) is 4.79 Å². The number of aryl methyl sites for hydroxylation is 2. The topological polar surface area (TPSA) is 56.2 Å². The van der Waals surface area contributed by atoms with Crippen LogP contribution in [0.25, 0.3) is 0 Å². The smallest absolute Gasteiger partial charge is 0.258 e. The van der Waals surface area contributed by atoms with Crippen LogP contribution < -0.4 is 10.1 Å². The number of aromatic nitrogens is 2. The second-order valence-corrected chi connectivity index (χ2v) is 7.37. The molecule has 0 radical (unpaired) electrons. The number of ether oxygens (including phenoxy) is 1. The Morgan fingerprint density at radius 2 is 2.08 bits per heavy atom. The summed E-state index contributed by atoms with van der Waals surface area (Å²) in [4.78, 5) is 13.3. The van der Waals surface area contributed by atoms with E-state index in [0.29, 0.717) is 17.3 Å². The third-order valence-corrected chi connectivity index (χ3v) is 5.11. The number of rotatable bonds is 7. The standard InChI is InChI=1S/C19H20ClN3O2S/c1-13-10-14(2)23(22-13)17(18-4-3-9-26-18)11-21-19(24)12-25-16-7-5-15(20)6-8-16/h3-10,17H,11-12H2,1-2H3,(H,21,24). The Labute approximate surface area is 161 Å². The molecule has 1 aromatic carbocycles. The summed E-state index contributed by atoms with van der Waals surface area (Å²) >= 11 is 7.49.